The van der Waals surface area contributed by atoms with Crippen LogP contribution < -0.4 is 10.0 Å². The molecule has 0 saturated heterocycles. The Morgan fingerprint density at radius 1 is 1.10 bits per heavy atom. The maximum Gasteiger partial charge on any atom is 0.270 e. The van der Waals surface area contributed by atoms with Crippen molar-refractivity contribution in [1.82, 2.24) is 10.0 Å². The molecule has 0 aromatic heterocycles. The summed E-state index contributed by atoms with van der Waals surface area (Å²) in [7, 11) is -3.90. The number of nitro groups is 1. The lowest BCUT2D eigenvalue weighted by Crippen LogP contribution is -2.35. The van der Waals surface area contributed by atoms with Crippen LogP contribution in [0.4, 0.5) is 5.69 Å². The number of nitro benzene ring substituents is 1. The molecule has 0 radical (unpaired) electrons. The smallest absolute Gasteiger partial charge is 0.270 e. The molecule has 2 rings (SSSR count). The maximum absolute atomic E-state index is 12.2. The highest BCUT2D eigenvalue weighted by Crippen LogP contribution is 2.25. The fourth-order valence-electron chi connectivity index (χ4n) is 2.49. The van der Waals surface area contributed by atoms with Gasteiger partial charge in [0.25, 0.3) is 5.69 Å². The molecule has 0 bridgehead atoms. The van der Waals surface area contributed by atoms with Gasteiger partial charge in [-0.05, 0) is 29.2 Å². The van der Waals surface area contributed by atoms with E-state index >= 15 is 0 Å². The van der Waals surface area contributed by atoms with Gasteiger partial charge in [-0.25, -0.2) is 13.1 Å². The van der Waals surface area contributed by atoms with Crippen molar-refractivity contribution in [3.63, 3.8) is 0 Å². The molecule has 1 amide bonds. The molecular weight excluding hydrogens is 426 g/mol. The van der Waals surface area contributed by atoms with Gasteiger partial charge in [0.15, 0.2) is 0 Å². The summed E-state index contributed by atoms with van der Waals surface area (Å²) in [6, 6.07) is 12.8. The highest BCUT2D eigenvalue weighted by Gasteiger charge is 2.17. The van der Waals surface area contributed by atoms with Crippen LogP contribution in [0.5, 0.6) is 0 Å². The highest BCUT2D eigenvalue weighted by molar-refractivity contribution is 8.00. The Kier molecular flexibility index (Phi) is 7.99. The minimum absolute atomic E-state index is 0.0261. The number of hydrogen-bond acceptors (Lipinski definition) is 6. The van der Waals surface area contributed by atoms with Crippen LogP contribution in [0.15, 0.2) is 58.3 Å². The van der Waals surface area contributed by atoms with Crippen molar-refractivity contribution < 1.29 is 18.1 Å². The van der Waals surface area contributed by atoms with Crippen LogP contribution in [0.1, 0.15) is 26.3 Å². The largest absolute Gasteiger partial charge is 0.354 e. The summed E-state index contributed by atoms with van der Waals surface area (Å²) in [5.74, 6) is 0.00130. The van der Waals surface area contributed by atoms with E-state index in [1.54, 1.807) is 0 Å². The van der Waals surface area contributed by atoms with Gasteiger partial charge in [-0.3, -0.25) is 14.9 Å². The Balaban J connectivity index is 1.76. The molecule has 30 heavy (non-hydrogen) atoms. The Morgan fingerprint density at radius 2 is 1.77 bits per heavy atom. The van der Waals surface area contributed by atoms with E-state index in [2.05, 4.69) is 30.8 Å². The number of sulfonamides is 1. The Hall–Kier alpha value is -2.43. The van der Waals surface area contributed by atoms with E-state index in [-0.39, 0.29) is 40.7 Å². The van der Waals surface area contributed by atoms with E-state index in [9.17, 15) is 23.3 Å². The van der Waals surface area contributed by atoms with Crippen LogP contribution in [-0.4, -0.2) is 38.1 Å². The van der Waals surface area contributed by atoms with Crippen molar-refractivity contribution in [3.8, 4) is 0 Å². The minimum atomic E-state index is -3.90. The van der Waals surface area contributed by atoms with Crippen LogP contribution in [-0.2, 0) is 20.2 Å². The standard InChI is InChI=1S/C20H25N3O5S2/c1-20(2,3)15-7-9-17(10-8-15)29-14-19(24)21-11-12-22-30(27,28)18-6-4-5-16(13-18)23(25)26/h4-10,13,22H,11-12,14H2,1-3H3,(H,21,24). The van der Waals surface area contributed by atoms with Gasteiger partial charge in [0.2, 0.25) is 15.9 Å². The zero-order chi connectivity index (χ0) is 22.4. The molecule has 0 aliphatic carbocycles. The van der Waals surface area contributed by atoms with Crippen molar-refractivity contribution in [2.45, 2.75) is 36.0 Å². The SMILES string of the molecule is CC(C)(C)c1ccc(SCC(=O)NCCNS(=O)(=O)c2cccc([N+](=O)[O-])c2)cc1. The summed E-state index contributed by atoms with van der Waals surface area (Å²) in [6.07, 6.45) is 0. The van der Waals surface area contributed by atoms with E-state index < -0.39 is 14.9 Å². The molecule has 0 atom stereocenters. The number of thioether (sulfide) groups is 1. The number of carbonyl (C=O) groups is 1. The number of nitrogens with zero attached hydrogens (tertiary/aromatic N) is 1. The number of amides is 1. The fourth-order valence-corrected chi connectivity index (χ4v) is 4.29. The highest BCUT2D eigenvalue weighted by atomic mass is 32.2. The first-order chi connectivity index (χ1) is 14.0. The molecule has 8 nitrogen and oxygen atoms in total. The fraction of sp³-hybridized carbons (Fsp3) is 0.350. The van der Waals surface area contributed by atoms with E-state index in [1.165, 1.54) is 35.5 Å². The third kappa shape index (κ3) is 7.12. The Bertz CT molecular complexity index is 1000. The maximum atomic E-state index is 12.2. The lowest BCUT2D eigenvalue weighted by molar-refractivity contribution is -0.385. The van der Waals surface area contributed by atoms with Crippen molar-refractivity contribution in [1.29, 1.82) is 0 Å². The van der Waals surface area contributed by atoms with Gasteiger partial charge in [-0.1, -0.05) is 39.0 Å². The number of rotatable bonds is 9. The summed E-state index contributed by atoms with van der Waals surface area (Å²) in [6.45, 7) is 6.49. The summed E-state index contributed by atoms with van der Waals surface area (Å²) in [5, 5.41) is 13.4. The van der Waals surface area contributed by atoms with Crippen molar-refractivity contribution in [2.24, 2.45) is 0 Å². The second-order valence-corrected chi connectivity index (χ2v) is 10.4. The lowest BCUT2D eigenvalue weighted by Gasteiger charge is -2.19. The molecule has 2 aromatic rings. The van der Waals surface area contributed by atoms with Crippen molar-refractivity contribution in [2.75, 3.05) is 18.8 Å². The second kappa shape index (κ2) is 10.1. The molecular formula is C20H25N3O5S2. The number of nitrogens with one attached hydrogen (secondary N) is 2. The van der Waals surface area contributed by atoms with Gasteiger partial charge < -0.3 is 5.32 Å². The normalized spacial score (nSPS) is 11.8. The Morgan fingerprint density at radius 3 is 2.37 bits per heavy atom. The van der Waals surface area contributed by atoms with E-state index in [4.69, 9.17) is 0 Å². The average molecular weight is 452 g/mol. The third-order valence-electron chi connectivity index (χ3n) is 4.17. The van der Waals surface area contributed by atoms with Gasteiger partial charge >= 0.3 is 0 Å². The number of benzene rings is 2. The zero-order valence-corrected chi connectivity index (χ0v) is 18.7. The summed E-state index contributed by atoms with van der Waals surface area (Å²) < 4.78 is 26.7. The molecule has 162 valence electrons. The minimum Gasteiger partial charge on any atom is -0.354 e. The molecule has 10 heteroatoms. The summed E-state index contributed by atoms with van der Waals surface area (Å²) >= 11 is 1.40. The van der Waals surface area contributed by atoms with Gasteiger partial charge in [0.1, 0.15) is 0 Å². The summed E-state index contributed by atoms with van der Waals surface area (Å²) in [5.41, 5.74) is 0.976. The molecule has 2 N–H and O–H groups in total. The van der Waals surface area contributed by atoms with Gasteiger partial charge in [-0.15, -0.1) is 11.8 Å². The molecule has 0 saturated carbocycles. The first kappa shape index (κ1) is 23.8. The van der Waals surface area contributed by atoms with Crippen molar-refractivity contribution in [3.05, 3.63) is 64.2 Å². The van der Waals surface area contributed by atoms with E-state index in [0.29, 0.717) is 0 Å². The number of carbonyl (C=O) groups excluding carboxylic acids is 1. The average Bonchev–Trinajstić information content (AvgIpc) is 2.69. The molecule has 2 aromatic carbocycles. The monoisotopic (exact) mass is 451 g/mol. The van der Waals surface area contributed by atoms with Gasteiger partial charge in [0.05, 0.1) is 15.6 Å². The van der Waals surface area contributed by atoms with Crippen LogP contribution in [0.2, 0.25) is 0 Å². The predicted octanol–water partition coefficient (Wildman–Crippen LogP) is 3.08. The molecule has 0 spiro atoms. The van der Waals surface area contributed by atoms with Crippen LogP contribution >= 0.6 is 11.8 Å². The van der Waals surface area contributed by atoms with Crippen LogP contribution in [0, 0.1) is 10.1 Å². The van der Waals surface area contributed by atoms with E-state index in [1.807, 2.05) is 24.3 Å². The quantitative estimate of drug-likeness (QED) is 0.262. The molecule has 0 fully saturated rings. The van der Waals surface area contributed by atoms with Crippen molar-refractivity contribution >= 4 is 33.4 Å². The molecule has 0 heterocycles. The van der Waals surface area contributed by atoms with Crippen LogP contribution in [0.3, 0.4) is 0 Å². The molecule has 0 unspecified atom stereocenters. The molecule has 0 aliphatic rings. The lowest BCUT2D eigenvalue weighted by atomic mass is 9.87. The van der Waals surface area contributed by atoms with Crippen LogP contribution in [0.25, 0.3) is 0 Å². The molecule has 0 aliphatic heterocycles. The predicted molar refractivity (Wildman–Crippen MR) is 117 cm³/mol. The second-order valence-electron chi connectivity index (χ2n) is 7.57. The number of hydrogen-bond donors (Lipinski definition) is 2. The first-order valence-electron chi connectivity index (χ1n) is 9.23. The summed E-state index contributed by atoms with van der Waals surface area (Å²) in [4.78, 5) is 22.9. The zero-order valence-electron chi connectivity index (χ0n) is 17.0. The number of non-ortho nitro benzene ring substituents is 1. The third-order valence-corrected chi connectivity index (χ3v) is 6.64. The van der Waals surface area contributed by atoms with Gasteiger partial charge in [-0.2, -0.15) is 0 Å². The first-order valence-corrected chi connectivity index (χ1v) is 11.7. The topological polar surface area (TPSA) is 118 Å². The van der Waals surface area contributed by atoms with Gasteiger partial charge in [0, 0.05) is 30.1 Å². The Labute approximate surface area is 180 Å². The van der Waals surface area contributed by atoms with E-state index in [0.717, 1.165) is 11.0 Å².